The third kappa shape index (κ3) is 1.39. The first-order chi connectivity index (χ1) is 9.75. The average Bonchev–Trinajstić information content (AvgIpc) is 3.02. The number of rotatable bonds is 1. The van der Waals surface area contributed by atoms with Crippen LogP contribution in [0.1, 0.15) is 0 Å². The number of nitrogens with two attached hydrogens (primary N) is 1. The first-order valence-electron chi connectivity index (χ1n) is 6.52. The summed E-state index contributed by atoms with van der Waals surface area (Å²) in [5, 5.41) is 9.77. The lowest BCUT2D eigenvalue weighted by molar-refractivity contribution is 0.969. The molecule has 0 aliphatic heterocycles. The summed E-state index contributed by atoms with van der Waals surface area (Å²) in [6.07, 6.45) is 2.11. The van der Waals surface area contributed by atoms with Gasteiger partial charge >= 0.3 is 0 Å². The highest BCUT2D eigenvalue weighted by Gasteiger charge is 2.14. The van der Waals surface area contributed by atoms with Crippen LogP contribution >= 0.6 is 0 Å². The van der Waals surface area contributed by atoms with Crippen LogP contribution in [0.2, 0.25) is 0 Å². The molecule has 0 fully saturated rings. The van der Waals surface area contributed by atoms with Gasteiger partial charge < -0.3 is 10.3 Å². The Labute approximate surface area is 115 Å². The molecule has 98 valence electrons. The summed E-state index contributed by atoms with van der Waals surface area (Å²) >= 11 is 0. The first kappa shape index (κ1) is 11.1. The van der Waals surface area contributed by atoms with Crippen LogP contribution in [-0.2, 0) is 7.05 Å². The summed E-state index contributed by atoms with van der Waals surface area (Å²) in [7, 11) is 2.05. The summed E-state index contributed by atoms with van der Waals surface area (Å²) < 4.78 is 2.12. The van der Waals surface area contributed by atoms with E-state index in [1.54, 1.807) is 0 Å². The number of hydrogen-bond acceptors (Lipinski definition) is 2. The monoisotopic (exact) mass is 262 g/mol. The van der Waals surface area contributed by atoms with Crippen molar-refractivity contribution in [1.29, 1.82) is 0 Å². The van der Waals surface area contributed by atoms with E-state index in [9.17, 15) is 0 Å². The van der Waals surface area contributed by atoms with Crippen molar-refractivity contribution in [3.63, 3.8) is 0 Å². The van der Waals surface area contributed by atoms with E-state index in [1.165, 1.54) is 10.9 Å². The molecule has 4 rings (SSSR count). The Balaban J connectivity index is 2.09. The maximum Gasteiger partial charge on any atom is 0.102 e. The van der Waals surface area contributed by atoms with Gasteiger partial charge in [0.15, 0.2) is 0 Å². The van der Waals surface area contributed by atoms with E-state index < -0.39 is 0 Å². The zero-order chi connectivity index (χ0) is 13.7. The second-order valence-electron chi connectivity index (χ2n) is 5.01. The molecule has 3 N–H and O–H groups in total. The Kier molecular flexibility index (Phi) is 2.15. The smallest absolute Gasteiger partial charge is 0.102 e. The number of nitrogens with zero attached hydrogens (tertiary/aromatic N) is 2. The number of benzene rings is 2. The van der Waals surface area contributed by atoms with Crippen LogP contribution in [0, 0.1) is 0 Å². The molecule has 0 saturated carbocycles. The fourth-order valence-electron chi connectivity index (χ4n) is 2.80. The molecule has 0 aliphatic carbocycles. The van der Waals surface area contributed by atoms with Crippen LogP contribution < -0.4 is 5.73 Å². The quantitative estimate of drug-likeness (QED) is 0.517. The third-order valence-corrected chi connectivity index (χ3v) is 3.78. The van der Waals surface area contributed by atoms with Crippen LogP contribution in [-0.4, -0.2) is 14.8 Å². The van der Waals surface area contributed by atoms with Gasteiger partial charge in [0.1, 0.15) is 5.69 Å². The minimum atomic E-state index is 0.724. The van der Waals surface area contributed by atoms with Crippen molar-refractivity contribution in [1.82, 2.24) is 14.8 Å². The zero-order valence-electron chi connectivity index (χ0n) is 11.1. The second kappa shape index (κ2) is 3.87. The number of nitrogens with one attached hydrogen (secondary N) is 1. The van der Waals surface area contributed by atoms with Gasteiger partial charge in [-0.1, -0.05) is 30.3 Å². The van der Waals surface area contributed by atoms with Crippen molar-refractivity contribution in [3.8, 4) is 11.3 Å². The molecule has 0 amide bonds. The van der Waals surface area contributed by atoms with Gasteiger partial charge in [-0.3, -0.25) is 5.10 Å². The SMILES string of the molecule is Cn1cc(-c2n[nH]c3c(N)cccc23)c2ccccc21. The van der Waals surface area contributed by atoms with Gasteiger partial charge in [-0.05, 0) is 12.1 Å². The van der Waals surface area contributed by atoms with Gasteiger partial charge in [0.05, 0.1) is 11.2 Å². The standard InChI is InChI=1S/C16H14N4/c1-20-9-12(10-5-2-3-8-14(10)20)15-11-6-4-7-13(17)16(11)19-18-15/h2-9H,17H2,1H3,(H,18,19). The van der Waals surface area contributed by atoms with Crippen molar-refractivity contribution < 1.29 is 0 Å². The van der Waals surface area contributed by atoms with Gasteiger partial charge in [-0.2, -0.15) is 5.10 Å². The highest BCUT2D eigenvalue weighted by Crippen LogP contribution is 2.34. The molecule has 0 radical (unpaired) electrons. The number of H-pyrrole nitrogens is 1. The molecule has 0 atom stereocenters. The predicted octanol–water partition coefficient (Wildman–Crippen LogP) is 3.30. The molecule has 4 heteroatoms. The highest BCUT2D eigenvalue weighted by molar-refractivity contribution is 6.05. The zero-order valence-corrected chi connectivity index (χ0v) is 11.1. The van der Waals surface area contributed by atoms with Crippen LogP contribution in [0.25, 0.3) is 33.1 Å². The lowest BCUT2D eigenvalue weighted by Crippen LogP contribution is -1.84. The number of anilines is 1. The molecule has 2 aromatic heterocycles. The van der Waals surface area contributed by atoms with Gasteiger partial charge in [0, 0.05) is 35.1 Å². The molecule has 0 spiro atoms. The Bertz CT molecular complexity index is 930. The van der Waals surface area contributed by atoms with E-state index in [4.69, 9.17) is 5.73 Å². The van der Waals surface area contributed by atoms with Crippen molar-refractivity contribution in [2.24, 2.45) is 7.05 Å². The maximum atomic E-state index is 5.99. The molecule has 4 nitrogen and oxygen atoms in total. The van der Waals surface area contributed by atoms with Crippen LogP contribution in [0.15, 0.2) is 48.7 Å². The molecule has 0 saturated heterocycles. The topological polar surface area (TPSA) is 59.6 Å². The van der Waals surface area contributed by atoms with E-state index in [0.717, 1.165) is 27.8 Å². The summed E-state index contributed by atoms with van der Waals surface area (Å²) in [5.74, 6) is 0. The normalized spacial score (nSPS) is 11.4. The van der Waals surface area contributed by atoms with Gasteiger partial charge in [0.25, 0.3) is 0 Å². The van der Waals surface area contributed by atoms with Crippen molar-refractivity contribution in [3.05, 3.63) is 48.7 Å². The number of aryl methyl sites for hydroxylation is 1. The predicted molar refractivity (Wildman–Crippen MR) is 82.4 cm³/mol. The minimum Gasteiger partial charge on any atom is -0.397 e. The van der Waals surface area contributed by atoms with E-state index in [2.05, 4.69) is 46.2 Å². The van der Waals surface area contributed by atoms with Crippen LogP contribution in [0.5, 0.6) is 0 Å². The van der Waals surface area contributed by atoms with E-state index >= 15 is 0 Å². The van der Waals surface area contributed by atoms with E-state index in [1.807, 2.05) is 24.3 Å². The first-order valence-corrected chi connectivity index (χ1v) is 6.52. The summed E-state index contributed by atoms with van der Waals surface area (Å²) in [5.41, 5.74) is 10.9. The van der Waals surface area contributed by atoms with Gasteiger partial charge in [0.2, 0.25) is 0 Å². The second-order valence-corrected chi connectivity index (χ2v) is 5.01. The van der Waals surface area contributed by atoms with Crippen LogP contribution in [0.3, 0.4) is 0 Å². The summed E-state index contributed by atoms with van der Waals surface area (Å²) in [6.45, 7) is 0. The fraction of sp³-hybridized carbons (Fsp3) is 0.0625. The molecule has 0 aliphatic rings. The lowest BCUT2D eigenvalue weighted by atomic mass is 10.1. The van der Waals surface area contributed by atoms with Crippen molar-refractivity contribution in [2.45, 2.75) is 0 Å². The maximum absolute atomic E-state index is 5.99. The summed E-state index contributed by atoms with van der Waals surface area (Å²) in [6, 6.07) is 14.2. The number of fused-ring (bicyclic) bond motifs is 2. The fourth-order valence-corrected chi connectivity index (χ4v) is 2.80. The lowest BCUT2D eigenvalue weighted by Gasteiger charge is -1.97. The average molecular weight is 262 g/mol. The largest absolute Gasteiger partial charge is 0.397 e. The number of nitrogen functional groups attached to an aromatic ring is 1. The highest BCUT2D eigenvalue weighted by atomic mass is 15.1. The van der Waals surface area contributed by atoms with Crippen LogP contribution in [0.4, 0.5) is 5.69 Å². The molecule has 0 unspecified atom stereocenters. The van der Waals surface area contributed by atoms with E-state index in [0.29, 0.717) is 0 Å². The third-order valence-electron chi connectivity index (χ3n) is 3.78. The number of para-hydroxylation sites is 2. The molecule has 20 heavy (non-hydrogen) atoms. The molecule has 0 bridgehead atoms. The van der Waals surface area contributed by atoms with Gasteiger partial charge in [-0.15, -0.1) is 0 Å². The Morgan fingerprint density at radius 1 is 1.05 bits per heavy atom. The molecule has 2 aromatic carbocycles. The number of aromatic amines is 1. The molecule has 2 heterocycles. The Morgan fingerprint density at radius 2 is 1.85 bits per heavy atom. The van der Waals surface area contributed by atoms with Crippen molar-refractivity contribution in [2.75, 3.05) is 5.73 Å². The number of hydrogen-bond donors (Lipinski definition) is 2. The molecular weight excluding hydrogens is 248 g/mol. The Morgan fingerprint density at radius 3 is 2.75 bits per heavy atom. The summed E-state index contributed by atoms with van der Waals surface area (Å²) in [4.78, 5) is 0. The Hall–Kier alpha value is -2.75. The number of aromatic nitrogens is 3. The minimum absolute atomic E-state index is 0.724. The van der Waals surface area contributed by atoms with E-state index in [-0.39, 0.29) is 0 Å². The van der Waals surface area contributed by atoms with Crippen molar-refractivity contribution >= 4 is 27.5 Å². The molecule has 4 aromatic rings. The van der Waals surface area contributed by atoms with Gasteiger partial charge in [-0.25, -0.2) is 0 Å². The molecular formula is C16H14N4.